The first-order chi connectivity index (χ1) is 9.26. The van der Waals surface area contributed by atoms with Crippen LogP contribution in [0.2, 0.25) is 6.82 Å². The van der Waals surface area contributed by atoms with Crippen molar-refractivity contribution in [3.05, 3.63) is 29.8 Å². The van der Waals surface area contributed by atoms with Crippen molar-refractivity contribution >= 4 is 22.8 Å². The number of benzene rings is 1. The molecule has 7 heteroatoms. The summed E-state index contributed by atoms with van der Waals surface area (Å²) in [5.41, 5.74) is 1.64. The van der Waals surface area contributed by atoms with Gasteiger partial charge in [0, 0.05) is 12.2 Å². The molecule has 1 unspecified atom stereocenters. The Labute approximate surface area is 121 Å². The van der Waals surface area contributed by atoms with E-state index in [-0.39, 0.29) is 13.2 Å². The van der Waals surface area contributed by atoms with Gasteiger partial charge in [-0.15, -0.1) is 0 Å². The topological polar surface area (TPSA) is 58.6 Å². The average molecular weight is 296 g/mol. The van der Waals surface area contributed by atoms with Crippen molar-refractivity contribution < 1.29 is 13.1 Å². The summed E-state index contributed by atoms with van der Waals surface area (Å²) in [5.74, 6) is 0. The first kappa shape index (κ1) is 15.3. The van der Waals surface area contributed by atoms with Gasteiger partial charge in [0.05, 0.1) is 12.4 Å². The van der Waals surface area contributed by atoms with Crippen molar-refractivity contribution in [3.63, 3.8) is 0 Å². The Kier molecular flexibility index (Phi) is 4.41. The van der Waals surface area contributed by atoms with E-state index in [0.717, 1.165) is 18.4 Å². The molecule has 1 N–H and O–H groups in total. The summed E-state index contributed by atoms with van der Waals surface area (Å²) in [6.07, 6.45) is 1.18. The highest BCUT2D eigenvalue weighted by molar-refractivity contribution is 7.92. The van der Waals surface area contributed by atoms with Gasteiger partial charge in [-0.05, 0) is 30.6 Å². The second kappa shape index (κ2) is 5.75. The third kappa shape index (κ3) is 3.74. The van der Waals surface area contributed by atoms with Gasteiger partial charge in [0.2, 0.25) is 10.0 Å². The Morgan fingerprint density at radius 3 is 2.40 bits per heavy atom. The van der Waals surface area contributed by atoms with Gasteiger partial charge < -0.3 is 9.47 Å². The molecule has 1 aliphatic heterocycles. The second-order valence-corrected chi connectivity index (χ2v) is 7.26. The molecule has 1 saturated heterocycles. The highest BCUT2D eigenvalue weighted by atomic mass is 32.2. The van der Waals surface area contributed by atoms with Gasteiger partial charge in [-0.3, -0.25) is 4.72 Å². The SMILES string of the molecule is CB1OC(c2ccc(NS(C)(=O)=O)cc2)CN1C(C)C. The molecule has 1 fully saturated rings. The molecular weight excluding hydrogens is 275 g/mol. The summed E-state index contributed by atoms with van der Waals surface area (Å²) in [6, 6.07) is 7.80. The molecule has 110 valence electrons. The van der Waals surface area contributed by atoms with Crippen LogP contribution in [0.4, 0.5) is 5.69 Å². The van der Waals surface area contributed by atoms with E-state index in [4.69, 9.17) is 4.65 Å². The lowest BCUT2D eigenvalue weighted by Crippen LogP contribution is -2.37. The summed E-state index contributed by atoms with van der Waals surface area (Å²) in [4.78, 5) is 2.30. The number of rotatable bonds is 4. The van der Waals surface area contributed by atoms with Crippen molar-refractivity contribution in [1.29, 1.82) is 0 Å². The van der Waals surface area contributed by atoms with E-state index in [1.54, 1.807) is 12.1 Å². The molecular formula is C13H21BN2O3S. The molecule has 0 bridgehead atoms. The molecule has 1 aliphatic rings. The van der Waals surface area contributed by atoms with E-state index in [9.17, 15) is 8.42 Å². The van der Waals surface area contributed by atoms with Gasteiger partial charge >= 0.3 is 7.05 Å². The largest absolute Gasteiger partial charge is 0.413 e. The van der Waals surface area contributed by atoms with Crippen LogP contribution in [-0.4, -0.2) is 39.1 Å². The third-order valence-corrected chi connectivity index (χ3v) is 4.06. The maximum atomic E-state index is 11.2. The van der Waals surface area contributed by atoms with Crippen LogP contribution < -0.4 is 4.72 Å². The Balaban J connectivity index is 2.08. The molecule has 1 atom stereocenters. The monoisotopic (exact) mass is 296 g/mol. The molecule has 2 rings (SSSR count). The maximum absolute atomic E-state index is 11.2. The van der Waals surface area contributed by atoms with Gasteiger partial charge in [0.1, 0.15) is 0 Å². The van der Waals surface area contributed by atoms with Crippen LogP contribution in [0.1, 0.15) is 25.5 Å². The van der Waals surface area contributed by atoms with Gasteiger partial charge in [-0.25, -0.2) is 8.42 Å². The molecule has 1 aromatic rings. The summed E-state index contributed by atoms with van der Waals surface area (Å²) in [6.45, 7) is 7.22. The highest BCUT2D eigenvalue weighted by Crippen LogP contribution is 2.29. The maximum Gasteiger partial charge on any atom is 0.379 e. The molecule has 0 saturated carbocycles. The molecule has 20 heavy (non-hydrogen) atoms. The standard InChI is InChI=1S/C13H21BN2O3S/c1-10(2)16-9-13(19-14(16)3)11-5-7-12(8-6-11)15-20(4,17)18/h5-8,10,13,15H,9H2,1-4H3. The van der Waals surface area contributed by atoms with E-state index in [2.05, 4.69) is 30.2 Å². The Morgan fingerprint density at radius 2 is 1.95 bits per heavy atom. The zero-order valence-electron chi connectivity index (χ0n) is 12.3. The first-order valence-electron chi connectivity index (χ1n) is 6.75. The van der Waals surface area contributed by atoms with Crippen molar-refractivity contribution in [2.75, 3.05) is 17.5 Å². The fourth-order valence-electron chi connectivity index (χ4n) is 2.49. The minimum atomic E-state index is -3.23. The smallest absolute Gasteiger partial charge is 0.379 e. The molecule has 0 aromatic heterocycles. The van der Waals surface area contributed by atoms with E-state index >= 15 is 0 Å². The Hall–Kier alpha value is -1.05. The molecule has 0 spiro atoms. The fourth-order valence-corrected chi connectivity index (χ4v) is 3.06. The molecule has 0 amide bonds. The first-order valence-corrected chi connectivity index (χ1v) is 8.64. The van der Waals surface area contributed by atoms with E-state index in [1.807, 2.05) is 12.1 Å². The minimum absolute atomic E-state index is 0.0414. The lowest BCUT2D eigenvalue weighted by molar-refractivity contribution is 0.246. The van der Waals surface area contributed by atoms with Crippen LogP contribution in [-0.2, 0) is 14.7 Å². The molecule has 0 aliphatic carbocycles. The lowest BCUT2D eigenvalue weighted by atomic mass is 9.84. The van der Waals surface area contributed by atoms with Gasteiger partial charge in [-0.2, -0.15) is 0 Å². The van der Waals surface area contributed by atoms with Gasteiger partial charge in [-0.1, -0.05) is 26.0 Å². The Bertz CT molecular complexity index is 559. The van der Waals surface area contributed by atoms with Crippen molar-refractivity contribution in [1.82, 2.24) is 4.81 Å². The van der Waals surface area contributed by atoms with Crippen molar-refractivity contribution in [2.45, 2.75) is 32.8 Å². The average Bonchev–Trinajstić information content (AvgIpc) is 2.70. The zero-order chi connectivity index (χ0) is 14.9. The second-order valence-electron chi connectivity index (χ2n) is 5.51. The normalized spacial score (nSPS) is 20.6. The Morgan fingerprint density at radius 1 is 1.35 bits per heavy atom. The number of anilines is 1. The van der Waals surface area contributed by atoms with Crippen LogP contribution >= 0.6 is 0 Å². The third-order valence-electron chi connectivity index (χ3n) is 3.45. The van der Waals surface area contributed by atoms with Gasteiger partial charge in [0.15, 0.2) is 0 Å². The zero-order valence-corrected chi connectivity index (χ0v) is 13.1. The van der Waals surface area contributed by atoms with Crippen LogP contribution in [0.5, 0.6) is 0 Å². The lowest BCUT2D eigenvalue weighted by Gasteiger charge is -2.21. The van der Waals surface area contributed by atoms with E-state index in [1.165, 1.54) is 0 Å². The highest BCUT2D eigenvalue weighted by Gasteiger charge is 2.35. The fraction of sp³-hybridized carbons (Fsp3) is 0.538. The summed E-state index contributed by atoms with van der Waals surface area (Å²) >= 11 is 0. The summed E-state index contributed by atoms with van der Waals surface area (Å²) in [7, 11) is -3.12. The summed E-state index contributed by atoms with van der Waals surface area (Å²) in [5, 5.41) is 0. The number of hydrogen-bond acceptors (Lipinski definition) is 4. The number of nitrogens with one attached hydrogen (secondary N) is 1. The van der Waals surface area contributed by atoms with E-state index in [0.29, 0.717) is 11.7 Å². The minimum Gasteiger partial charge on any atom is -0.413 e. The van der Waals surface area contributed by atoms with Crippen LogP contribution in [0, 0.1) is 0 Å². The van der Waals surface area contributed by atoms with E-state index < -0.39 is 10.0 Å². The number of nitrogens with zero attached hydrogens (tertiary/aromatic N) is 1. The van der Waals surface area contributed by atoms with Crippen LogP contribution in [0.3, 0.4) is 0 Å². The quantitative estimate of drug-likeness (QED) is 0.863. The predicted octanol–water partition coefficient (Wildman–Crippen LogP) is 1.96. The van der Waals surface area contributed by atoms with Crippen molar-refractivity contribution in [3.8, 4) is 0 Å². The van der Waals surface area contributed by atoms with Crippen molar-refractivity contribution in [2.24, 2.45) is 0 Å². The van der Waals surface area contributed by atoms with Gasteiger partial charge in [0.25, 0.3) is 0 Å². The number of sulfonamides is 1. The number of hydrogen-bond donors (Lipinski definition) is 1. The molecule has 0 radical (unpaired) electrons. The van der Waals surface area contributed by atoms with Crippen LogP contribution in [0.25, 0.3) is 0 Å². The summed E-state index contributed by atoms with van der Waals surface area (Å²) < 4.78 is 30.7. The van der Waals surface area contributed by atoms with Crippen LogP contribution in [0.15, 0.2) is 24.3 Å². The predicted molar refractivity (Wildman–Crippen MR) is 82.2 cm³/mol. The molecule has 1 aromatic carbocycles. The molecule has 5 nitrogen and oxygen atoms in total. The molecule has 1 heterocycles.